The number of benzene rings is 3. The maximum absolute atomic E-state index is 13.9. The second-order valence-electron chi connectivity index (χ2n) is 9.84. The van der Waals surface area contributed by atoms with Crippen LogP contribution in [0.1, 0.15) is 26.7 Å². The minimum Gasteiger partial charge on any atom is -0.455 e. The molecule has 1 amide bonds. The third-order valence-electron chi connectivity index (χ3n) is 7.07. The molecular weight excluding hydrogens is 542 g/mol. The first kappa shape index (κ1) is 29.3. The third kappa shape index (κ3) is 6.54. The predicted molar refractivity (Wildman–Crippen MR) is 157 cm³/mol. The van der Waals surface area contributed by atoms with Gasteiger partial charge in [-0.25, -0.2) is 0 Å². The van der Waals surface area contributed by atoms with Crippen molar-refractivity contribution in [2.45, 2.75) is 55.7 Å². The van der Waals surface area contributed by atoms with Crippen LogP contribution in [0.25, 0.3) is 0 Å². The van der Waals surface area contributed by atoms with Gasteiger partial charge in [-0.3, -0.25) is 14.4 Å². The minimum atomic E-state index is -2.73. The molecule has 1 saturated heterocycles. The van der Waals surface area contributed by atoms with Crippen molar-refractivity contribution in [2.75, 3.05) is 6.54 Å². The average Bonchev–Trinajstić information content (AvgIpc) is 3.18. The summed E-state index contributed by atoms with van der Waals surface area (Å²) in [5.41, 5.74) is 0. The zero-order valence-electron chi connectivity index (χ0n) is 22.8. The van der Waals surface area contributed by atoms with Crippen molar-refractivity contribution in [3.05, 3.63) is 91.0 Å². The Bertz CT molecular complexity index is 1300. The molecular formula is C31H33NO6SSi. The fraction of sp³-hybridized carbons (Fsp3) is 0.290. The van der Waals surface area contributed by atoms with Crippen LogP contribution in [-0.2, 0) is 28.7 Å². The van der Waals surface area contributed by atoms with E-state index in [4.69, 9.17) is 9.47 Å². The Morgan fingerprint density at radius 1 is 0.800 bits per heavy atom. The van der Waals surface area contributed by atoms with E-state index in [1.54, 1.807) is 4.90 Å². The van der Waals surface area contributed by atoms with Crippen molar-refractivity contribution in [3.8, 4) is 0 Å². The van der Waals surface area contributed by atoms with Crippen LogP contribution in [0.15, 0.2) is 95.9 Å². The zero-order chi connectivity index (χ0) is 28.7. The van der Waals surface area contributed by atoms with Crippen LogP contribution in [0.4, 0.5) is 0 Å². The lowest BCUT2D eigenvalue weighted by Crippen LogP contribution is -2.62. The first-order chi connectivity index (χ1) is 19.2. The van der Waals surface area contributed by atoms with Gasteiger partial charge in [0.2, 0.25) is 6.10 Å². The fourth-order valence-electron chi connectivity index (χ4n) is 5.06. The number of ether oxygens (including phenoxy) is 2. The second-order valence-corrected chi connectivity index (χ2v) is 15.0. The second kappa shape index (κ2) is 13.1. The minimum absolute atomic E-state index is 0.164. The SMILES string of the molecule is CC(=O)O[C@H]1C(=O)N(CCCC(=O)[Si](C)(c2ccccc2)c2ccccc2)C(Sc2ccccc2)[C@@H]1OC(C)=O. The van der Waals surface area contributed by atoms with Crippen LogP contribution < -0.4 is 10.4 Å². The molecule has 0 N–H and O–H groups in total. The first-order valence-corrected chi connectivity index (χ1v) is 16.6. The summed E-state index contributed by atoms with van der Waals surface area (Å²) < 4.78 is 10.9. The first-order valence-electron chi connectivity index (χ1n) is 13.2. The van der Waals surface area contributed by atoms with Gasteiger partial charge in [-0.1, -0.05) is 97.2 Å². The van der Waals surface area contributed by atoms with Crippen LogP contribution in [0.5, 0.6) is 0 Å². The van der Waals surface area contributed by atoms with Crippen molar-refractivity contribution < 1.29 is 28.7 Å². The van der Waals surface area contributed by atoms with E-state index >= 15 is 0 Å². The van der Waals surface area contributed by atoms with Gasteiger partial charge in [0, 0.05) is 31.7 Å². The van der Waals surface area contributed by atoms with E-state index in [2.05, 4.69) is 6.55 Å². The summed E-state index contributed by atoms with van der Waals surface area (Å²) >= 11 is 1.36. The number of amides is 1. The number of carbonyl (C=O) groups excluding carboxylic acids is 4. The van der Waals surface area contributed by atoms with Crippen molar-refractivity contribution in [1.29, 1.82) is 0 Å². The zero-order valence-corrected chi connectivity index (χ0v) is 24.6. The molecule has 1 fully saturated rings. The Labute approximate surface area is 239 Å². The lowest BCUT2D eigenvalue weighted by atomic mass is 10.2. The number of nitrogens with zero attached hydrogens (tertiary/aromatic N) is 1. The topological polar surface area (TPSA) is 90.0 Å². The van der Waals surface area contributed by atoms with Gasteiger partial charge in [0.15, 0.2) is 14.2 Å². The number of carbonyl (C=O) groups is 4. The van der Waals surface area contributed by atoms with Crippen LogP contribution in [-0.4, -0.2) is 60.4 Å². The van der Waals surface area contributed by atoms with Crippen LogP contribution in [0.3, 0.4) is 0 Å². The highest BCUT2D eigenvalue weighted by molar-refractivity contribution is 8.00. The Morgan fingerprint density at radius 2 is 1.30 bits per heavy atom. The molecule has 40 heavy (non-hydrogen) atoms. The fourth-order valence-corrected chi connectivity index (χ4v) is 9.70. The number of esters is 2. The van der Waals surface area contributed by atoms with E-state index in [-0.39, 0.29) is 18.4 Å². The van der Waals surface area contributed by atoms with Gasteiger partial charge in [-0.2, -0.15) is 0 Å². The van der Waals surface area contributed by atoms with E-state index in [1.165, 1.54) is 25.6 Å². The number of likely N-dealkylation sites (tertiary alicyclic amines) is 1. The van der Waals surface area contributed by atoms with Gasteiger partial charge in [0.05, 0.1) is 0 Å². The van der Waals surface area contributed by atoms with Gasteiger partial charge in [-0.05, 0) is 28.9 Å². The van der Waals surface area contributed by atoms with E-state index < -0.39 is 43.5 Å². The number of rotatable bonds is 11. The van der Waals surface area contributed by atoms with Gasteiger partial charge in [0.25, 0.3) is 5.91 Å². The molecule has 3 atom stereocenters. The highest BCUT2D eigenvalue weighted by Gasteiger charge is 2.52. The molecule has 1 unspecified atom stereocenters. The molecule has 9 heteroatoms. The van der Waals surface area contributed by atoms with Crippen LogP contribution in [0, 0.1) is 0 Å². The summed E-state index contributed by atoms with van der Waals surface area (Å²) in [5, 5.41) is 1.61. The Kier molecular flexibility index (Phi) is 9.60. The molecule has 208 valence electrons. The smallest absolute Gasteiger partial charge is 0.303 e. The lowest BCUT2D eigenvalue weighted by Gasteiger charge is -2.29. The molecule has 4 rings (SSSR count). The van der Waals surface area contributed by atoms with Gasteiger partial charge in [-0.15, -0.1) is 0 Å². The summed E-state index contributed by atoms with van der Waals surface area (Å²) in [4.78, 5) is 53.7. The van der Waals surface area contributed by atoms with Crippen molar-refractivity contribution >= 4 is 53.5 Å². The monoisotopic (exact) mass is 575 g/mol. The van der Waals surface area contributed by atoms with E-state index in [0.717, 1.165) is 15.3 Å². The quantitative estimate of drug-likeness (QED) is 0.255. The summed E-state index contributed by atoms with van der Waals surface area (Å²) in [5.74, 6) is -1.64. The third-order valence-corrected chi connectivity index (χ3v) is 12.7. The maximum atomic E-state index is 13.9. The summed E-state index contributed by atoms with van der Waals surface area (Å²) in [6, 6.07) is 29.2. The molecule has 1 aliphatic heterocycles. The van der Waals surface area contributed by atoms with Crippen molar-refractivity contribution in [1.82, 2.24) is 4.90 Å². The summed E-state index contributed by atoms with van der Waals surface area (Å²) in [7, 11) is -2.73. The molecule has 0 saturated carbocycles. The average molecular weight is 576 g/mol. The Hall–Kier alpha value is -3.69. The highest BCUT2D eigenvalue weighted by Crippen LogP contribution is 2.37. The highest BCUT2D eigenvalue weighted by atomic mass is 32.2. The molecule has 0 aliphatic carbocycles. The lowest BCUT2D eigenvalue weighted by molar-refractivity contribution is -0.165. The molecule has 0 bridgehead atoms. The van der Waals surface area contributed by atoms with Gasteiger partial charge < -0.3 is 19.2 Å². The van der Waals surface area contributed by atoms with Gasteiger partial charge >= 0.3 is 11.9 Å². The largest absolute Gasteiger partial charge is 0.455 e. The molecule has 0 aromatic heterocycles. The van der Waals surface area contributed by atoms with E-state index in [1.807, 2.05) is 91.0 Å². The predicted octanol–water partition coefficient (Wildman–Crippen LogP) is 3.59. The van der Waals surface area contributed by atoms with Crippen LogP contribution >= 0.6 is 11.8 Å². The molecule has 3 aromatic rings. The Balaban J connectivity index is 1.57. The maximum Gasteiger partial charge on any atom is 0.303 e. The molecule has 3 aromatic carbocycles. The Morgan fingerprint density at radius 3 is 1.80 bits per heavy atom. The van der Waals surface area contributed by atoms with Crippen molar-refractivity contribution in [2.24, 2.45) is 0 Å². The molecule has 1 heterocycles. The molecule has 1 aliphatic rings. The molecule has 7 nitrogen and oxygen atoms in total. The van der Waals surface area contributed by atoms with E-state index in [9.17, 15) is 19.2 Å². The summed E-state index contributed by atoms with van der Waals surface area (Å²) in [6.45, 7) is 4.80. The number of hydrogen-bond acceptors (Lipinski definition) is 7. The molecule has 0 spiro atoms. The summed E-state index contributed by atoms with van der Waals surface area (Å²) in [6.07, 6.45) is -1.54. The van der Waals surface area contributed by atoms with Crippen LogP contribution in [0.2, 0.25) is 6.55 Å². The van der Waals surface area contributed by atoms with Gasteiger partial charge in [0.1, 0.15) is 10.8 Å². The van der Waals surface area contributed by atoms with Crippen molar-refractivity contribution in [3.63, 3.8) is 0 Å². The number of thioether (sulfide) groups is 1. The number of hydrogen-bond donors (Lipinski definition) is 0. The van der Waals surface area contributed by atoms with E-state index in [0.29, 0.717) is 6.42 Å². The standard InChI is InChI=1S/C31H33NO6SSi/c1-22(33)37-28-29(38-23(2)34)31(39-24-14-7-4-8-15-24)32(30(28)36)21-13-20-27(35)40(3,25-16-9-5-10-17-25)26-18-11-6-12-19-26/h4-12,14-19,28-29,31H,13,20-21H2,1-3H3/t28-,29-,31?/m1/s1. The normalized spacial score (nSPS) is 18.8. The molecule has 0 radical (unpaired) electrons.